The van der Waals surface area contributed by atoms with Gasteiger partial charge in [-0.2, -0.15) is 0 Å². The second-order valence-corrected chi connectivity index (χ2v) is 4.31. The topological polar surface area (TPSA) is 38.7 Å². The fourth-order valence-corrected chi connectivity index (χ4v) is 1.90. The zero-order chi connectivity index (χ0) is 12.3. The summed E-state index contributed by atoms with van der Waals surface area (Å²) in [6, 6.07) is 0. The van der Waals surface area contributed by atoms with Gasteiger partial charge in [-0.15, -0.1) is 6.58 Å². The SMILES string of the molecule is C=CCCC(CC=CCO)OC1CCCCO1. The van der Waals surface area contributed by atoms with Crippen molar-refractivity contribution in [3.05, 3.63) is 24.8 Å². The van der Waals surface area contributed by atoms with Gasteiger partial charge in [-0.05, 0) is 38.5 Å². The van der Waals surface area contributed by atoms with Crippen LogP contribution < -0.4 is 0 Å². The maximum absolute atomic E-state index is 8.71. The summed E-state index contributed by atoms with van der Waals surface area (Å²) >= 11 is 0. The molecule has 3 nitrogen and oxygen atoms in total. The van der Waals surface area contributed by atoms with E-state index in [2.05, 4.69) is 6.58 Å². The van der Waals surface area contributed by atoms with Crippen molar-refractivity contribution in [2.24, 2.45) is 0 Å². The van der Waals surface area contributed by atoms with Crippen LogP contribution in [0.5, 0.6) is 0 Å². The molecule has 1 rings (SSSR count). The maximum Gasteiger partial charge on any atom is 0.157 e. The monoisotopic (exact) mass is 240 g/mol. The number of rotatable bonds is 8. The van der Waals surface area contributed by atoms with Crippen molar-refractivity contribution in [3.8, 4) is 0 Å². The minimum Gasteiger partial charge on any atom is -0.392 e. The molecule has 1 fully saturated rings. The Morgan fingerprint density at radius 1 is 1.41 bits per heavy atom. The third-order valence-electron chi connectivity index (χ3n) is 2.85. The van der Waals surface area contributed by atoms with Gasteiger partial charge in [0.05, 0.1) is 12.7 Å². The molecule has 17 heavy (non-hydrogen) atoms. The molecule has 2 atom stereocenters. The number of aliphatic hydroxyl groups is 1. The third-order valence-corrected chi connectivity index (χ3v) is 2.85. The molecule has 0 bridgehead atoms. The molecule has 2 unspecified atom stereocenters. The first-order chi connectivity index (χ1) is 8.36. The Morgan fingerprint density at radius 3 is 2.94 bits per heavy atom. The highest BCUT2D eigenvalue weighted by Gasteiger charge is 2.18. The molecule has 0 spiro atoms. The van der Waals surface area contributed by atoms with Gasteiger partial charge in [-0.1, -0.05) is 18.2 Å². The van der Waals surface area contributed by atoms with E-state index in [0.717, 1.165) is 38.7 Å². The molecule has 1 heterocycles. The molecule has 0 aromatic heterocycles. The standard InChI is InChI=1S/C14H24O3/c1-2-3-8-13(9-4-6-11-15)17-14-10-5-7-12-16-14/h2,4,6,13-15H,1,3,5,7-12H2. The van der Waals surface area contributed by atoms with Gasteiger partial charge in [0.25, 0.3) is 0 Å². The van der Waals surface area contributed by atoms with Crippen LogP contribution in [0.25, 0.3) is 0 Å². The van der Waals surface area contributed by atoms with E-state index in [1.54, 1.807) is 6.08 Å². The van der Waals surface area contributed by atoms with Crippen LogP contribution in [0.15, 0.2) is 24.8 Å². The Labute approximate surface area is 104 Å². The molecule has 98 valence electrons. The zero-order valence-electron chi connectivity index (χ0n) is 10.5. The lowest BCUT2D eigenvalue weighted by Crippen LogP contribution is -2.27. The summed E-state index contributed by atoms with van der Waals surface area (Å²) in [6.45, 7) is 4.63. The number of allylic oxidation sites excluding steroid dienone is 1. The molecule has 1 saturated heterocycles. The molecule has 1 aliphatic rings. The largest absolute Gasteiger partial charge is 0.392 e. The predicted octanol–water partition coefficient (Wildman–Crippen LogP) is 2.80. The van der Waals surface area contributed by atoms with Gasteiger partial charge in [0.2, 0.25) is 0 Å². The Hall–Kier alpha value is -0.640. The van der Waals surface area contributed by atoms with Crippen LogP contribution in [0.1, 0.15) is 38.5 Å². The Balaban J connectivity index is 2.31. The minimum absolute atomic E-state index is 0.0407. The lowest BCUT2D eigenvalue weighted by molar-refractivity contribution is -0.188. The highest BCUT2D eigenvalue weighted by Crippen LogP contribution is 2.19. The summed E-state index contributed by atoms with van der Waals surface area (Å²) in [5.74, 6) is 0. The van der Waals surface area contributed by atoms with E-state index in [9.17, 15) is 0 Å². The highest BCUT2D eigenvalue weighted by atomic mass is 16.7. The molecule has 0 aliphatic carbocycles. The molecule has 0 radical (unpaired) electrons. The molecule has 0 aromatic rings. The summed E-state index contributed by atoms with van der Waals surface area (Å²) in [4.78, 5) is 0. The number of aliphatic hydroxyl groups excluding tert-OH is 1. The number of hydrogen-bond donors (Lipinski definition) is 1. The highest BCUT2D eigenvalue weighted by molar-refractivity contribution is 4.85. The lowest BCUT2D eigenvalue weighted by atomic mass is 10.1. The van der Waals surface area contributed by atoms with Crippen molar-refractivity contribution in [3.63, 3.8) is 0 Å². The van der Waals surface area contributed by atoms with E-state index in [1.807, 2.05) is 12.2 Å². The van der Waals surface area contributed by atoms with Gasteiger partial charge in [0.15, 0.2) is 6.29 Å². The molecule has 0 amide bonds. The van der Waals surface area contributed by atoms with Crippen LogP contribution in [0, 0.1) is 0 Å². The summed E-state index contributed by atoms with van der Waals surface area (Å²) < 4.78 is 11.5. The van der Waals surface area contributed by atoms with Gasteiger partial charge in [0, 0.05) is 6.61 Å². The average molecular weight is 240 g/mol. The third kappa shape index (κ3) is 6.61. The van der Waals surface area contributed by atoms with Gasteiger partial charge >= 0.3 is 0 Å². The van der Waals surface area contributed by atoms with Crippen molar-refractivity contribution >= 4 is 0 Å². The molecular formula is C14H24O3. The Bertz CT molecular complexity index is 220. The molecule has 1 N–H and O–H groups in total. The van der Waals surface area contributed by atoms with E-state index in [0.29, 0.717) is 0 Å². The van der Waals surface area contributed by atoms with Crippen LogP contribution in [-0.4, -0.2) is 30.7 Å². The van der Waals surface area contributed by atoms with E-state index in [4.69, 9.17) is 14.6 Å². The van der Waals surface area contributed by atoms with Crippen LogP contribution in [0.2, 0.25) is 0 Å². The molecular weight excluding hydrogens is 216 g/mol. The van der Waals surface area contributed by atoms with Crippen LogP contribution >= 0.6 is 0 Å². The average Bonchev–Trinajstić information content (AvgIpc) is 2.37. The van der Waals surface area contributed by atoms with Crippen LogP contribution in [0.3, 0.4) is 0 Å². The Morgan fingerprint density at radius 2 is 2.29 bits per heavy atom. The quantitative estimate of drug-likeness (QED) is 0.663. The molecule has 1 aliphatic heterocycles. The van der Waals surface area contributed by atoms with E-state index in [1.165, 1.54) is 6.42 Å². The van der Waals surface area contributed by atoms with Gasteiger partial charge < -0.3 is 14.6 Å². The summed E-state index contributed by atoms with van der Waals surface area (Å²) in [6.07, 6.45) is 11.8. The van der Waals surface area contributed by atoms with Crippen molar-refractivity contribution in [2.45, 2.75) is 50.9 Å². The first-order valence-electron chi connectivity index (χ1n) is 6.50. The van der Waals surface area contributed by atoms with Crippen molar-refractivity contribution < 1.29 is 14.6 Å². The Kier molecular flexibility index (Phi) is 7.97. The summed E-state index contributed by atoms with van der Waals surface area (Å²) in [5.41, 5.74) is 0. The fourth-order valence-electron chi connectivity index (χ4n) is 1.90. The second-order valence-electron chi connectivity index (χ2n) is 4.31. The van der Waals surface area contributed by atoms with Gasteiger partial charge in [-0.25, -0.2) is 0 Å². The van der Waals surface area contributed by atoms with E-state index in [-0.39, 0.29) is 19.0 Å². The minimum atomic E-state index is -0.0407. The first-order valence-corrected chi connectivity index (χ1v) is 6.50. The van der Waals surface area contributed by atoms with Gasteiger partial charge in [0.1, 0.15) is 0 Å². The molecule has 0 aromatic carbocycles. The molecule has 0 saturated carbocycles. The predicted molar refractivity (Wildman–Crippen MR) is 68.7 cm³/mol. The number of ether oxygens (including phenoxy) is 2. The van der Waals surface area contributed by atoms with Crippen molar-refractivity contribution in [2.75, 3.05) is 13.2 Å². The zero-order valence-corrected chi connectivity index (χ0v) is 10.5. The lowest BCUT2D eigenvalue weighted by Gasteiger charge is -2.27. The fraction of sp³-hybridized carbons (Fsp3) is 0.714. The smallest absolute Gasteiger partial charge is 0.157 e. The summed E-state index contributed by atoms with van der Waals surface area (Å²) in [7, 11) is 0. The van der Waals surface area contributed by atoms with Gasteiger partial charge in [-0.3, -0.25) is 0 Å². The number of hydrogen-bond acceptors (Lipinski definition) is 3. The summed E-state index contributed by atoms with van der Waals surface area (Å²) in [5, 5.41) is 8.71. The van der Waals surface area contributed by atoms with Crippen molar-refractivity contribution in [1.29, 1.82) is 0 Å². The van der Waals surface area contributed by atoms with Crippen molar-refractivity contribution in [1.82, 2.24) is 0 Å². The maximum atomic E-state index is 8.71. The van der Waals surface area contributed by atoms with Crippen LogP contribution in [-0.2, 0) is 9.47 Å². The van der Waals surface area contributed by atoms with Crippen LogP contribution in [0.4, 0.5) is 0 Å². The normalized spacial score (nSPS) is 22.8. The van der Waals surface area contributed by atoms with E-state index >= 15 is 0 Å². The first kappa shape index (κ1) is 14.4. The second kappa shape index (κ2) is 9.40. The van der Waals surface area contributed by atoms with E-state index < -0.39 is 0 Å². The molecule has 3 heteroatoms.